The van der Waals surface area contributed by atoms with Crippen LogP contribution in [0.3, 0.4) is 0 Å². The molecule has 6 nitrogen and oxygen atoms in total. The standard InChI is InChI=1S/C25H25N3O3S2/c1-16-12-13-18(14-26-16)17(2)33(3,30)28-24(32)27-25(29)31-15-23-21-10-6-4-8-19(21)20-9-5-7-11-22(20)23/h4-14,17,23H,15H2,1-3H3,(H,27,29,32). The summed E-state index contributed by atoms with van der Waals surface area (Å²) in [4.78, 5) is 16.7. The molecule has 8 heteroatoms. The largest absolute Gasteiger partial charge is 0.448 e. The second-order valence-corrected chi connectivity index (χ2v) is 11.1. The maximum Gasteiger partial charge on any atom is 0.413 e. The van der Waals surface area contributed by atoms with Crippen molar-refractivity contribution in [2.24, 2.45) is 4.36 Å². The third-order valence-electron chi connectivity index (χ3n) is 5.88. The highest BCUT2D eigenvalue weighted by atomic mass is 32.2. The van der Waals surface area contributed by atoms with Crippen molar-refractivity contribution in [3.8, 4) is 11.1 Å². The summed E-state index contributed by atoms with van der Waals surface area (Å²) in [5, 5.41) is 1.86. The van der Waals surface area contributed by atoms with E-state index in [9.17, 15) is 9.00 Å². The number of nitrogens with zero attached hydrogens (tertiary/aromatic N) is 2. The van der Waals surface area contributed by atoms with Crippen molar-refractivity contribution >= 4 is 33.2 Å². The zero-order valence-electron chi connectivity index (χ0n) is 18.6. The number of ether oxygens (including phenoxy) is 1. The molecule has 1 heterocycles. The Bertz CT molecular complexity index is 1280. The van der Waals surface area contributed by atoms with Gasteiger partial charge in [-0.3, -0.25) is 10.3 Å². The Labute approximate surface area is 199 Å². The average Bonchev–Trinajstić information content (AvgIpc) is 3.11. The van der Waals surface area contributed by atoms with E-state index in [1.54, 1.807) is 13.1 Å². The summed E-state index contributed by atoms with van der Waals surface area (Å²) in [5.74, 6) is -0.0573. The highest BCUT2D eigenvalue weighted by molar-refractivity contribution is 7.94. The number of aromatic nitrogens is 1. The number of alkyl carbamates (subject to hydrolysis) is 1. The molecule has 1 amide bonds. The number of hydrogen-bond donors (Lipinski definition) is 1. The van der Waals surface area contributed by atoms with Gasteiger partial charge in [0.1, 0.15) is 6.61 Å². The van der Waals surface area contributed by atoms with Crippen LogP contribution in [0.1, 0.15) is 40.5 Å². The number of benzene rings is 2. The lowest BCUT2D eigenvalue weighted by Crippen LogP contribution is -2.30. The van der Waals surface area contributed by atoms with Gasteiger partial charge in [-0.1, -0.05) is 54.6 Å². The summed E-state index contributed by atoms with van der Waals surface area (Å²) < 4.78 is 22.7. The van der Waals surface area contributed by atoms with Gasteiger partial charge >= 0.3 is 6.09 Å². The smallest absolute Gasteiger partial charge is 0.413 e. The van der Waals surface area contributed by atoms with Gasteiger partial charge in [0.25, 0.3) is 0 Å². The second-order valence-electron chi connectivity index (χ2n) is 8.08. The molecule has 0 radical (unpaired) electrons. The van der Waals surface area contributed by atoms with E-state index >= 15 is 0 Å². The maximum absolute atomic E-state index is 13.1. The minimum absolute atomic E-state index is 0.0573. The molecule has 0 saturated heterocycles. The molecule has 2 unspecified atom stereocenters. The van der Waals surface area contributed by atoms with Gasteiger partial charge in [-0.2, -0.15) is 4.36 Å². The molecule has 0 bridgehead atoms. The normalized spacial score (nSPS) is 15.0. The predicted molar refractivity (Wildman–Crippen MR) is 135 cm³/mol. The van der Waals surface area contributed by atoms with E-state index in [0.29, 0.717) is 0 Å². The molecular weight excluding hydrogens is 454 g/mol. The van der Waals surface area contributed by atoms with Crippen LogP contribution < -0.4 is 5.32 Å². The third-order valence-corrected chi connectivity index (χ3v) is 8.31. The molecule has 3 aromatic rings. The molecule has 2 aromatic carbocycles. The summed E-state index contributed by atoms with van der Waals surface area (Å²) >= 11 is 5.17. The Morgan fingerprint density at radius 1 is 1.12 bits per heavy atom. The number of carbonyl (C=O) groups excluding carboxylic acids is 1. The van der Waals surface area contributed by atoms with Crippen molar-refractivity contribution < 1.29 is 13.7 Å². The summed E-state index contributed by atoms with van der Waals surface area (Å²) in [6, 6.07) is 19.9. The highest BCUT2D eigenvalue weighted by Crippen LogP contribution is 2.44. The van der Waals surface area contributed by atoms with Crippen LogP contribution in [0.4, 0.5) is 4.79 Å². The zero-order chi connectivity index (χ0) is 23.6. The van der Waals surface area contributed by atoms with E-state index in [2.05, 4.69) is 38.9 Å². The van der Waals surface area contributed by atoms with Crippen LogP contribution in [0, 0.1) is 6.92 Å². The van der Waals surface area contributed by atoms with Crippen LogP contribution in [0.2, 0.25) is 0 Å². The van der Waals surface area contributed by atoms with Crippen molar-refractivity contribution in [2.75, 3.05) is 12.9 Å². The fourth-order valence-electron chi connectivity index (χ4n) is 3.96. The van der Waals surface area contributed by atoms with E-state index in [1.165, 1.54) is 6.26 Å². The van der Waals surface area contributed by atoms with Crippen molar-refractivity contribution in [3.05, 3.63) is 89.2 Å². The van der Waals surface area contributed by atoms with Gasteiger partial charge in [0.15, 0.2) is 0 Å². The van der Waals surface area contributed by atoms with Crippen molar-refractivity contribution in [1.82, 2.24) is 10.3 Å². The van der Waals surface area contributed by atoms with Gasteiger partial charge in [0.2, 0.25) is 5.11 Å². The number of pyridine rings is 1. The first kappa shape index (κ1) is 23.1. The van der Waals surface area contributed by atoms with Crippen LogP contribution in [0.5, 0.6) is 0 Å². The van der Waals surface area contributed by atoms with E-state index in [0.717, 1.165) is 33.5 Å². The molecule has 0 spiro atoms. The van der Waals surface area contributed by atoms with Crippen molar-refractivity contribution in [2.45, 2.75) is 25.0 Å². The van der Waals surface area contributed by atoms with Crippen molar-refractivity contribution in [1.29, 1.82) is 0 Å². The second kappa shape index (κ2) is 9.41. The first-order valence-corrected chi connectivity index (χ1v) is 12.9. The van der Waals surface area contributed by atoms with Crippen LogP contribution >= 0.6 is 12.2 Å². The van der Waals surface area contributed by atoms with Crippen LogP contribution in [0.25, 0.3) is 11.1 Å². The number of carbonyl (C=O) groups is 1. The number of aryl methyl sites for hydroxylation is 1. The number of thiocarbonyl (C=S) groups is 1. The fraction of sp³-hybridized carbons (Fsp3) is 0.240. The van der Waals surface area contributed by atoms with Gasteiger partial charge in [-0.15, -0.1) is 0 Å². The van der Waals surface area contributed by atoms with Gasteiger partial charge in [-0.25, -0.2) is 9.00 Å². The highest BCUT2D eigenvalue weighted by Gasteiger charge is 2.29. The number of fused-ring (bicyclic) bond motifs is 3. The summed E-state index contributed by atoms with van der Waals surface area (Å²) in [7, 11) is -2.76. The molecular formula is C25H25N3O3S2. The fourth-order valence-corrected chi connectivity index (χ4v) is 5.67. The quantitative estimate of drug-likeness (QED) is 0.509. The predicted octanol–water partition coefficient (Wildman–Crippen LogP) is 5.37. The van der Waals surface area contributed by atoms with Gasteiger partial charge in [0.05, 0.1) is 15.0 Å². The lowest BCUT2D eigenvalue weighted by Gasteiger charge is -2.16. The van der Waals surface area contributed by atoms with E-state index in [1.807, 2.05) is 43.3 Å². The molecule has 0 saturated carbocycles. The monoisotopic (exact) mass is 479 g/mol. The Balaban J connectivity index is 1.41. The third kappa shape index (κ3) is 4.96. The number of rotatable bonds is 4. The minimum atomic E-state index is -2.76. The summed E-state index contributed by atoms with van der Waals surface area (Å²) in [6.07, 6.45) is 2.48. The first-order chi connectivity index (χ1) is 15.8. The van der Waals surface area contributed by atoms with E-state index in [-0.39, 0.29) is 17.6 Å². The molecule has 33 heavy (non-hydrogen) atoms. The van der Waals surface area contributed by atoms with Gasteiger partial charge in [-0.05, 0) is 59.9 Å². The van der Waals surface area contributed by atoms with Crippen LogP contribution in [-0.4, -0.2) is 33.3 Å². The summed E-state index contributed by atoms with van der Waals surface area (Å²) in [6.45, 7) is 3.85. The Hall–Kier alpha value is -3.10. The zero-order valence-corrected chi connectivity index (χ0v) is 20.3. The SMILES string of the molecule is Cc1ccc(C(C)S(C)(=O)=NC(=S)NC(=O)OCC2c3ccccc3-c3ccccc32)cn1. The lowest BCUT2D eigenvalue weighted by atomic mass is 9.98. The van der Waals surface area contributed by atoms with E-state index < -0.39 is 21.1 Å². The molecule has 1 aliphatic rings. The molecule has 0 aliphatic heterocycles. The number of nitrogens with one attached hydrogen (secondary N) is 1. The number of hydrogen-bond acceptors (Lipinski definition) is 5. The molecule has 2 atom stereocenters. The minimum Gasteiger partial charge on any atom is -0.448 e. The van der Waals surface area contributed by atoms with E-state index in [4.69, 9.17) is 17.0 Å². The molecule has 0 fully saturated rings. The van der Waals surface area contributed by atoms with Gasteiger partial charge < -0.3 is 4.74 Å². The Morgan fingerprint density at radius 3 is 2.30 bits per heavy atom. The molecule has 1 aromatic heterocycles. The van der Waals surface area contributed by atoms with Crippen LogP contribution in [0.15, 0.2) is 71.2 Å². The molecule has 1 N–H and O–H groups in total. The Kier molecular flexibility index (Phi) is 6.58. The molecule has 1 aliphatic carbocycles. The maximum atomic E-state index is 13.1. The number of amides is 1. The van der Waals surface area contributed by atoms with Crippen LogP contribution in [-0.2, 0) is 14.5 Å². The van der Waals surface area contributed by atoms with Crippen molar-refractivity contribution in [3.63, 3.8) is 0 Å². The lowest BCUT2D eigenvalue weighted by molar-refractivity contribution is 0.148. The first-order valence-electron chi connectivity index (χ1n) is 10.6. The molecule has 170 valence electrons. The van der Waals surface area contributed by atoms with Gasteiger partial charge in [0, 0.05) is 24.1 Å². The topological polar surface area (TPSA) is 80.7 Å². The molecule has 4 rings (SSSR count). The summed E-state index contributed by atoms with van der Waals surface area (Å²) in [5.41, 5.74) is 6.21. The average molecular weight is 480 g/mol. The Morgan fingerprint density at radius 2 is 1.73 bits per heavy atom.